The molecule has 0 atom stereocenters. The first-order valence-electron chi connectivity index (χ1n) is 3.76. The molecule has 0 saturated heterocycles. The van der Waals surface area contributed by atoms with E-state index in [2.05, 4.69) is 0 Å². The normalized spacial score (nSPS) is 18.9. The Kier molecular flexibility index (Phi) is 1.75. The SMILES string of the molecule is CC1=C(Cl)S(=O)(=O)c2ccccc21. The van der Waals surface area contributed by atoms with E-state index in [9.17, 15) is 8.42 Å². The van der Waals surface area contributed by atoms with Gasteiger partial charge in [-0.3, -0.25) is 0 Å². The molecule has 2 nitrogen and oxygen atoms in total. The Labute approximate surface area is 81.8 Å². The van der Waals surface area contributed by atoms with Crippen molar-refractivity contribution in [3.63, 3.8) is 0 Å². The van der Waals surface area contributed by atoms with Crippen LogP contribution in [0, 0.1) is 0 Å². The molecule has 0 bridgehead atoms. The fourth-order valence-electron chi connectivity index (χ4n) is 1.41. The number of halogens is 1. The van der Waals surface area contributed by atoms with Gasteiger partial charge in [-0.1, -0.05) is 29.8 Å². The van der Waals surface area contributed by atoms with E-state index in [1.54, 1.807) is 31.2 Å². The Bertz CT molecular complexity index is 500. The van der Waals surface area contributed by atoms with E-state index in [1.807, 2.05) is 0 Å². The second-order valence-corrected chi connectivity index (χ2v) is 5.36. The molecule has 0 unspecified atom stereocenters. The van der Waals surface area contributed by atoms with Crippen LogP contribution in [0.15, 0.2) is 33.5 Å². The van der Waals surface area contributed by atoms with Crippen molar-refractivity contribution < 1.29 is 8.42 Å². The van der Waals surface area contributed by atoms with Crippen molar-refractivity contribution >= 4 is 27.0 Å². The van der Waals surface area contributed by atoms with Crippen LogP contribution < -0.4 is 0 Å². The van der Waals surface area contributed by atoms with Gasteiger partial charge in [0.05, 0.1) is 4.90 Å². The number of hydrogen-bond donors (Lipinski definition) is 0. The zero-order valence-electron chi connectivity index (χ0n) is 6.91. The summed E-state index contributed by atoms with van der Waals surface area (Å²) >= 11 is 5.71. The van der Waals surface area contributed by atoms with Crippen LogP contribution in [-0.2, 0) is 9.84 Å². The van der Waals surface area contributed by atoms with Crippen molar-refractivity contribution in [2.24, 2.45) is 0 Å². The molecule has 13 heavy (non-hydrogen) atoms. The number of allylic oxidation sites excluding steroid dienone is 1. The first kappa shape index (κ1) is 8.78. The molecule has 1 aliphatic rings. The minimum Gasteiger partial charge on any atom is -0.218 e. The number of benzene rings is 1. The van der Waals surface area contributed by atoms with E-state index >= 15 is 0 Å². The monoisotopic (exact) mass is 214 g/mol. The standard InChI is InChI=1S/C9H7ClO2S/c1-6-7-4-2-3-5-8(7)13(11,12)9(6)10/h2-5H,1H3. The van der Waals surface area contributed by atoms with Crippen LogP contribution in [0.4, 0.5) is 0 Å². The Morgan fingerprint density at radius 2 is 1.85 bits per heavy atom. The van der Waals surface area contributed by atoms with Gasteiger partial charge in [-0.15, -0.1) is 0 Å². The molecular weight excluding hydrogens is 208 g/mol. The topological polar surface area (TPSA) is 34.1 Å². The zero-order valence-corrected chi connectivity index (χ0v) is 8.48. The lowest BCUT2D eigenvalue weighted by molar-refractivity contribution is 0.605. The summed E-state index contributed by atoms with van der Waals surface area (Å²) in [5.74, 6) is 0. The van der Waals surface area contributed by atoms with Gasteiger partial charge >= 0.3 is 0 Å². The van der Waals surface area contributed by atoms with E-state index in [-0.39, 0.29) is 4.36 Å². The summed E-state index contributed by atoms with van der Waals surface area (Å²) < 4.78 is 23.2. The van der Waals surface area contributed by atoms with Crippen LogP contribution in [0.3, 0.4) is 0 Å². The van der Waals surface area contributed by atoms with Gasteiger partial charge in [-0.05, 0) is 24.1 Å². The predicted molar refractivity (Wildman–Crippen MR) is 52.1 cm³/mol. The Morgan fingerprint density at radius 3 is 2.46 bits per heavy atom. The highest BCUT2D eigenvalue weighted by Gasteiger charge is 2.31. The quantitative estimate of drug-likeness (QED) is 0.665. The second kappa shape index (κ2) is 2.59. The van der Waals surface area contributed by atoms with Crippen molar-refractivity contribution in [2.75, 3.05) is 0 Å². The van der Waals surface area contributed by atoms with E-state index in [4.69, 9.17) is 11.6 Å². The Morgan fingerprint density at radius 1 is 1.23 bits per heavy atom. The molecule has 0 saturated carbocycles. The minimum atomic E-state index is -3.39. The first-order valence-corrected chi connectivity index (χ1v) is 5.62. The molecule has 4 heteroatoms. The molecule has 1 heterocycles. The third-order valence-corrected chi connectivity index (χ3v) is 4.72. The molecule has 68 valence electrons. The first-order chi connectivity index (χ1) is 6.05. The molecule has 2 rings (SSSR count). The molecule has 0 N–H and O–H groups in total. The lowest BCUT2D eigenvalue weighted by Gasteiger charge is -1.96. The molecule has 0 fully saturated rings. The lowest BCUT2D eigenvalue weighted by Crippen LogP contribution is -1.95. The summed E-state index contributed by atoms with van der Waals surface area (Å²) in [6.45, 7) is 1.71. The average molecular weight is 215 g/mol. The van der Waals surface area contributed by atoms with E-state index < -0.39 is 9.84 Å². The maximum absolute atomic E-state index is 11.6. The lowest BCUT2D eigenvalue weighted by atomic mass is 10.1. The van der Waals surface area contributed by atoms with Crippen LogP contribution in [0.25, 0.3) is 5.57 Å². The van der Waals surface area contributed by atoms with Gasteiger partial charge in [0, 0.05) is 0 Å². The number of hydrogen-bond acceptors (Lipinski definition) is 2. The summed E-state index contributed by atoms with van der Waals surface area (Å²) in [6, 6.07) is 6.83. The van der Waals surface area contributed by atoms with Crippen molar-refractivity contribution in [2.45, 2.75) is 11.8 Å². The van der Waals surface area contributed by atoms with Crippen molar-refractivity contribution in [1.82, 2.24) is 0 Å². The van der Waals surface area contributed by atoms with Gasteiger partial charge < -0.3 is 0 Å². The number of fused-ring (bicyclic) bond motifs is 1. The smallest absolute Gasteiger partial charge is 0.218 e. The fraction of sp³-hybridized carbons (Fsp3) is 0.111. The van der Waals surface area contributed by atoms with Crippen molar-refractivity contribution in [3.8, 4) is 0 Å². The molecule has 1 aliphatic heterocycles. The van der Waals surface area contributed by atoms with Gasteiger partial charge in [-0.25, -0.2) is 8.42 Å². The van der Waals surface area contributed by atoms with Crippen LogP contribution >= 0.6 is 11.6 Å². The Balaban J connectivity index is 2.90. The predicted octanol–water partition coefficient (Wildman–Crippen LogP) is 2.40. The van der Waals surface area contributed by atoms with Gasteiger partial charge in [0.25, 0.3) is 0 Å². The Hall–Kier alpha value is -0.800. The maximum Gasteiger partial charge on any atom is 0.218 e. The highest BCUT2D eigenvalue weighted by Crippen LogP contribution is 2.40. The summed E-state index contributed by atoms with van der Waals surface area (Å²) in [5.41, 5.74) is 1.35. The summed E-state index contributed by atoms with van der Waals surface area (Å²) in [7, 11) is -3.39. The summed E-state index contributed by atoms with van der Waals surface area (Å²) in [4.78, 5) is 0.317. The second-order valence-electron chi connectivity index (χ2n) is 2.90. The fourth-order valence-corrected chi connectivity index (χ4v) is 3.24. The molecule has 0 radical (unpaired) electrons. The summed E-state index contributed by atoms with van der Waals surface area (Å²) in [5, 5.41) is 0. The van der Waals surface area contributed by atoms with E-state index in [1.165, 1.54) is 0 Å². The average Bonchev–Trinajstić information content (AvgIpc) is 2.30. The van der Waals surface area contributed by atoms with E-state index in [0.717, 1.165) is 0 Å². The molecule has 1 aromatic carbocycles. The summed E-state index contributed by atoms with van der Waals surface area (Å²) in [6.07, 6.45) is 0. The largest absolute Gasteiger partial charge is 0.218 e. The number of rotatable bonds is 0. The van der Waals surface area contributed by atoms with Crippen molar-refractivity contribution in [1.29, 1.82) is 0 Å². The van der Waals surface area contributed by atoms with Crippen LogP contribution in [0.5, 0.6) is 0 Å². The molecule has 0 aliphatic carbocycles. The zero-order chi connectivity index (χ0) is 9.64. The highest BCUT2D eigenvalue weighted by molar-refractivity contribution is 7.97. The van der Waals surface area contributed by atoms with Crippen LogP contribution in [0.2, 0.25) is 0 Å². The van der Waals surface area contributed by atoms with Crippen LogP contribution in [0.1, 0.15) is 12.5 Å². The van der Waals surface area contributed by atoms with Gasteiger partial charge in [-0.2, -0.15) is 0 Å². The van der Waals surface area contributed by atoms with Crippen molar-refractivity contribution in [3.05, 3.63) is 34.2 Å². The van der Waals surface area contributed by atoms with Gasteiger partial charge in [0.1, 0.15) is 4.36 Å². The molecule has 0 spiro atoms. The molecule has 0 amide bonds. The molecule has 0 aromatic heterocycles. The maximum atomic E-state index is 11.6. The minimum absolute atomic E-state index is 0.0475. The third kappa shape index (κ3) is 1.04. The molecular formula is C9H7ClO2S. The van der Waals surface area contributed by atoms with E-state index in [0.29, 0.717) is 16.0 Å². The highest BCUT2D eigenvalue weighted by atomic mass is 35.5. The number of sulfone groups is 1. The van der Waals surface area contributed by atoms with Crippen LogP contribution in [-0.4, -0.2) is 8.42 Å². The van der Waals surface area contributed by atoms with Gasteiger partial charge in [0.2, 0.25) is 9.84 Å². The van der Waals surface area contributed by atoms with Gasteiger partial charge in [0.15, 0.2) is 0 Å². The third-order valence-electron chi connectivity index (χ3n) is 2.11. The molecule has 1 aromatic rings.